The molecule has 0 amide bonds. The normalized spacial score (nSPS) is 14.0. The Morgan fingerprint density at radius 2 is 1.60 bits per heavy atom. The van der Waals surface area contributed by atoms with Crippen molar-refractivity contribution >= 4 is 0 Å². The third kappa shape index (κ3) is 3.40. The molecule has 2 rings (SSSR count). The maximum atomic E-state index is 13.6. The van der Waals surface area contributed by atoms with E-state index in [9.17, 15) is 13.9 Å². The molecule has 2 aromatic carbocycles. The summed E-state index contributed by atoms with van der Waals surface area (Å²) in [6, 6.07) is 12.4. The van der Waals surface area contributed by atoms with Crippen molar-refractivity contribution in [2.45, 2.75) is 19.1 Å². The van der Waals surface area contributed by atoms with E-state index in [-0.39, 0.29) is 12.1 Å². The van der Waals surface area contributed by atoms with E-state index in [0.717, 1.165) is 5.56 Å². The van der Waals surface area contributed by atoms with Gasteiger partial charge in [-0.1, -0.05) is 36.4 Å². The van der Waals surface area contributed by atoms with Crippen LogP contribution in [0.2, 0.25) is 0 Å². The molecular weight excluding hydrogens is 260 g/mol. The van der Waals surface area contributed by atoms with Gasteiger partial charge in [0, 0.05) is 18.2 Å². The summed E-state index contributed by atoms with van der Waals surface area (Å²) in [5, 5.41) is 13.0. The zero-order chi connectivity index (χ0) is 14.5. The van der Waals surface area contributed by atoms with Crippen molar-refractivity contribution in [3.05, 3.63) is 71.3 Å². The highest BCUT2D eigenvalue weighted by Gasteiger charge is 2.17. The van der Waals surface area contributed by atoms with Crippen LogP contribution < -0.4 is 5.32 Å². The number of hydrogen-bond donors (Lipinski definition) is 2. The predicted molar refractivity (Wildman–Crippen MR) is 74.2 cm³/mol. The monoisotopic (exact) mass is 277 g/mol. The van der Waals surface area contributed by atoms with Gasteiger partial charge in [0.1, 0.15) is 11.6 Å². The molecule has 20 heavy (non-hydrogen) atoms. The lowest BCUT2D eigenvalue weighted by Crippen LogP contribution is -2.26. The lowest BCUT2D eigenvalue weighted by atomic mass is 10.1. The topological polar surface area (TPSA) is 32.3 Å². The molecule has 0 heterocycles. The van der Waals surface area contributed by atoms with Gasteiger partial charge in [0.05, 0.1) is 6.10 Å². The molecule has 0 fully saturated rings. The molecule has 0 radical (unpaired) electrons. The number of nitrogens with one attached hydrogen (secondary N) is 1. The average Bonchev–Trinajstić information content (AvgIpc) is 2.45. The largest absolute Gasteiger partial charge is 0.387 e. The highest BCUT2D eigenvalue weighted by molar-refractivity contribution is 5.23. The van der Waals surface area contributed by atoms with Crippen LogP contribution in [-0.4, -0.2) is 11.7 Å². The number of aliphatic hydroxyl groups excluding tert-OH is 1. The fourth-order valence-corrected chi connectivity index (χ4v) is 2.11. The van der Waals surface area contributed by atoms with Crippen molar-refractivity contribution < 1.29 is 13.9 Å². The first kappa shape index (κ1) is 14.6. The van der Waals surface area contributed by atoms with Gasteiger partial charge in [-0.15, -0.1) is 0 Å². The number of halogens is 2. The summed E-state index contributed by atoms with van der Waals surface area (Å²) < 4.78 is 27.2. The van der Waals surface area contributed by atoms with E-state index in [4.69, 9.17) is 0 Å². The van der Waals surface area contributed by atoms with E-state index in [1.165, 1.54) is 18.2 Å². The van der Waals surface area contributed by atoms with Crippen LogP contribution in [0, 0.1) is 11.6 Å². The van der Waals surface area contributed by atoms with Gasteiger partial charge in [-0.05, 0) is 24.6 Å². The Hall–Kier alpha value is -1.78. The minimum absolute atomic E-state index is 0.00670. The van der Waals surface area contributed by atoms with E-state index >= 15 is 0 Å². The quantitative estimate of drug-likeness (QED) is 0.878. The molecule has 2 N–H and O–H groups in total. The second kappa shape index (κ2) is 6.59. The molecule has 2 unspecified atom stereocenters. The van der Waals surface area contributed by atoms with Crippen molar-refractivity contribution in [3.8, 4) is 0 Å². The molecule has 2 aromatic rings. The van der Waals surface area contributed by atoms with Crippen LogP contribution in [0.25, 0.3) is 0 Å². The van der Waals surface area contributed by atoms with Crippen LogP contribution in [0.5, 0.6) is 0 Å². The molecule has 2 atom stereocenters. The summed E-state index contributed by atoms with van der Waals surface area (Å²) in [5.74, 6) is -1.17. The Labute approximate surface area is 117 Å². The summed E-state index contributed by atoms with van der Waals surface area (Å²) in [6.07, 6.45) is -0.714. The Kier molecular flexibility index (Phi) is 4.82. The summed E-state index contributed by atoms with van der Waals surface area (Å²) in [6.45, 7) is 1.89. The minimum atomic E-state index is -0.714. The summed E-state index contributed by atoms with van der Waals surface area (Å²) >= 11 is 0. The van der Waals surface area contributed by atoms with Crippen molar-refractivity contribution in [1.29, 1.82) is 0 Å². The van der Waals surface area contributed by atoms with E-state index in [1.54, 1.807) is 19.1 Å². The Bertz CT molecular complexity index is 539. The van der Waals surface area contributed by atoms with Crippen LogP contribution in [0.4, 0.5) is 8.78 Å². The Balaban J connectivity index is 2.00. The average molecular weight is 277 g/mol. The molecule has 0 aliphatic heterocycles. The lowest BCUT2D eigenvalue weighted by Gasteiger charge is -2.18. The van der Waals surface area contributed by atoms with Crippen LogP contribution in [-0.2, 0) is 0 Å². The standard InChI is InChI=1S/C16H17F2NO/c1-11(16-13(17)8-5-9-14(16)18)19-10-15(20)12-6-3-2-4-7-12/h2-9,11,15,19-20H,10H2,1H3. The maximum Gasteiger partial charge on any atom is 0.130 e. The van der Waals surface area contributed by atoms with Gasteiger partial charge in [0.2, 0.25) is 0 Å². The van der Waals surface area contributed by atoms with Gasteiger partial charge in [-0.25, -0.2) is 8.78 Å². The Morgan fingerprint density at radius 3 is 2.20 bits per heavy atom. The van der Waals surface area contributed by atoms with Gasteiger partial charge < -0.3 is 10.4 Å². The summed E-state index contributed by atoms with van der Waals surface area (Å²) in [7, 11) is 0. The smallest absolute Gasteiger partial charge is 0.130 e. The van der Waals surface area contributed by atoms with Crippen LogP contribution in [0.15, 0.2) is 48.5 Å². The molecule has 0 aliphatic carbocycles. The fraction of sp³-hybridized carbons (Fsp3) is 0.250. The van der Waals surface area contributed by atoms with Gasteiger partial charge >= 0.3 is 0 Å². The molecule has 0 saturated carbocycles. The second-order valence-corrected chi connectivity index (χ2v) is 4.69. The molecule has 0 saturated heterocycles. The zero-order valence-corrected chi connectivity index (χ0v) is 11.2. The summed E-state index contributed by atoms with van der Waals surface area (Å²) in [4.78, 5) is 0. The van der Waals surface area contributed by atoms with Gasteiger partial charge in [-0.3, -0.25) is 0 Å². The van der Waals surface area contributed by atoms with Crippen molar-refractivity contribution in [3.63, 3.8) is 0 Å². The third-order valence-corrected chi connectivity index (χ3v) is 3.23. The number of benzene rings is 2. The molecule has 4 heteroatoms. The molecule has 2 nitrogen and oxygen atoms in total. The first-order chi connectivity index (χ1) is 9.59. The van der Waals surface area contributed by atoms with E-state index in [0.29, 0.717) is 0 Å². The van der Waals surface area contributed by atoms with E-state index in [2.05, 4.69) is 5.32 Å². The zero-order valence-electron chi connectivity index (χ0n) is 11.2. The van der Waals surface area contributed by atoms with Gasteiger partial charge in [0.25, 0.3) is 0 Å². The van der Waals surface area contributed by atoms with Crippen molar-refractivity contribution in [2.24, 2.45) is 0 Å². The van der Waals surface area contributed by atoms with Crippen LogP contribution in [0.1, 0.15) is 30.2 Å². The molecule has 0 spiro atoms. The minimum Gasteiger partial charge on any atom is -0.387 e. The lowest BCUT2D eigenvalue weighted by molar-refractivity contribution is 0.170. The third-order valence-electron chi connectivity index (χ3n) is 3.23. The van der Waals surface area contributed by atoms with Gasteiger partial charge in [-0.2, -0.15) is 0 Å². The number of rotatable bonds is 5. The van der Waals surface area contributed by atoms with Crippen LogP contribution in [0.3, 0.4) is 0 Å². The first-order valence-corrected chi connectivity index (χ1v) is 6.50. The van der Waals surface area contributed by atoms with Crippen LogP contribution >= 0.6 is 0 Å². The molecule has 0 aromatic heterocycles. The van der Waals surface area contributed by atoms with Crippen molar-refractivity contribution in [2.75, 3.05) is 6.54 Å². The second-order valence-electron chi connectivity index (χ2n) is 4.69. The highest BCUT2D eigenvalue weighted by atomic mass is 19.1. The molecule has 0 bridgehead atoms. The maximum absolute atomic E-state index is 13.6. The molecule has 106 valence electrons. The highest BCUT2D eigenvalue weighted by Crippen LogP contribution is 2.21. The SMILES string of the molecule is CC(NCC(O)c1ccccc1)c1c(F)cccc1F. The van der Waals surface area contributed by atoms with E-state index in [1.807, 2.05) is 18.2 Å². The summed E-state index contributed by atoms with van der Waals surface area (Å²) in [5.41, 5.74) is 0.758. The first-order valence-electron chi connectivity index (χ1n) is 6.50. The van der Waals surface area contributed by atoms with Gasteiger partial charge in [0.15, 0.2) is 0 Å². The molecular formula is C16H17F2NO. The Morgan fingerprint density at radius 1 is 1.00 bits per heavy atom. The number of aliphatic hydroxyl groups is 1. The van der Waals surface area contributed by atoms with Crippen molar-refractivity contribution in [1.82, 2.24) is 5.32 Å². The fourth-order valence-electron chi connectivity index (χ4n) is 2.11. The molecule has 0 aliphatic rings. The number of hydrogen-bond acceptors (Lipinski definition) is 2. The van der Waals surface area contributed by atoms with E-state index < -0.39 is 23.8 Å². The predicted octanol–water partition coefficient (Wildman–Crippen LogP) is 3.35.